The predicted molar refractivity (Wildman–Crippen MR) is 54.1 cm³/mol. The maximum atomic E-state index is 11.4. The maximum Gasteiger partial charge on any atom is 0.345 e. The van der Waals surface area contributed by atoms with E-state index in [0.29, 0.717) is 18.8 Å². The number of nitrogens with zero attached hydrogens (tertiary/aromatic N) is 5. The highest BCUT2D eigenvalue weighted by atomic mass is 16.2. The topological polar surface area (TPSA) is 83.7 Å². The van der Waals surface area contributed by atoms with Gasteiger partial charge in [-0.2, -0.15) is 10.2 Å². The Morgan fingerprint density at radius 1 is 1.40 bits per heavy atom. The van der Waals surface area contributed by atoms with Crippen LogP contribution < -0.4 is 11.4 Å². The van der Waals surface area contributed by atoms with Crippen LogP contribution >= 0.6 is 0 Å². The minimum atomic E-state index is -0.130. The average Bonchev–Trinajstić information content (AvgIpc) is 2.74. The van der Waals surface area contributed by atoms with Crippen LogP contribution in [0.5, 0.6) is 0 Å². The monoisotopic (exact) mass is 208 g/mol. The summed E-state index contributed by atoms with van der Waals surface area (Å²) in [6, 6.07) is 0. The Labute approximate surface area is 85.7 Å². The number of anilines is 1. The fraction of sp³-hybridized carbons (Fsp3) is 0.375. The quantitative estimate of drug-likeness (QED) is 0.705. The zero-order valence-electron chi connectivity index (χ0n) is 8.37. The molecule has 2 aromatic rings. The number of rotatable bonds is 3. The average molecular weight is 208 g/mol. The van der Waals surface area contributed by atoms with Crippen molar-refractivity contribution in [1.29, 1.82) is 0 Å². The number of aryl methyl sites for hydroxylation is 3. The highest BCUT2D eigenvalue weighted by Gasteiger charge is 2.01. The maximum absolute atomic E-state index is 11.4. The van der Waals surface area contributed by atoms with E-state index in [-0.39, 0.29) is 5.69 Å². The molecule has 0 aliphatic heterocycles. The van der Waals surface area contributed by atoms with Gasteiger partial charge in [0, 0.05) is 13.2 Å². The van der Waals surface area contributed by atoms with Crippen molar-refractivity contribution in [3.8, 4) is 0 Å². The lowest BCUT2D eigenvalue weighted by molar-refractivity contribution is 0.486. The highest BCUT2D eigenvalue weighted by molar-refractivity contribution is 5.30. The van der Waals surface area contributed by atoms with Gasteiger partial charge in [0.05, 0.1) is 25.0 Å². The molecule has 0 aliphatic carbocycles. The van der Waals surface area contributed by atoms with Gasteiger partial charge in [-0.1, -0.05) is 0 Å². The SMILES string of the molecule is Cn1cnn(CCn2cc(N)cn2)c1=O. The predicted octanol–water partition coefficient (Wildman–Crippen LogP) is -0.939. The minimum absolute atomic E-state index is 0.130. The van der Waals surface area contributed by atoms with Crippen molar-refractivity contribution in [3.63, 3.8) is 0 Å². The van der Waals surface area contributed by atoms with Gasteiger partial charge in [0.25, 0.3) is 0 Å². The molecule has 0 saturated heterocycles. The summed E-state index contributed by atoms with van der Waals surface area (Å²) in [5.74, 6) is 0. The molecular weight excluding hydrogens is 196 g/mol. The number of nitrogen functional groups attached to an aromatic ring is 1. The molecule has 0 unspecified atom stereocenters. The van der Waals surface area contributed by atoms with E-state index < -0.39 is 0 Å². The van der Waals surface area contributed by atoms with Crippen molar-refractivity contribution in [3.05, 3.63) is 29.2 Å². The molecule has 0 fully saturated rings. The van der Waals surface area contributed by atoms with Crippen molar-refractivity contribution in [1.82, 2.24) is 24.1 Å². The van der Waals surface area contributed by atoms with Crippen LogP contribution in [0.2, 0.25) is 0 Å². The second-order valence-corrected chi connectivity index (χ2v) is 3.28. The van der Waals surface area contributed by atoms with Gasteiger partial charge in [-0.3, -0.25) is 9.25 Å². The van der Waals surface area contributed by atoms with Gasteiger partial charge in [0.2, 0.25) is 0 Å². The van der Waals surface area contributed by atoms with Crippen molar-refractivity contribution < 1.29 is 0 Å². The molecule has 0 aromatic carbocycles. The molecule has 7 nitrogen and oxygen atoms in total. The van der Waals surface area contributed by atoms with E-state index in [9.17, 15) is 4.79 Å². The molecule has 0 amide bonds. The Morgan fingerprint density at radius 2 is 2.20 bits per heavy atom. The van der Waals surface area contributed by atoms with E-state index >= 15 is 0 Å². The van der Waals surface area contributed by atoms with E-state index in [4.69, 9.17) is 5.73 Å². The van der Waals surface area contributed by atoms with Crippen LogP contribution in [0.1, 0.15) is 0 Å². The Kier molecular flexibility index (Phi) is 2.28. The summed E-state index contributed by atoms with van der Waals surface area (Å²) < 4.78 is 4.49. The van der Waals surface area contributed by atoms with E-state index in [1.807, 2.05) is 0 Å². The third-order valence-electron chi connectivity index (χ3n) is 2.08. The Hall–Kier alpha value is -2.05. The summed E-state index contributed by atoms with van der Waals surface area (Å²) in [7, 11) is 1.66. The van der Waals surface area contributed by atoms with E-state index in [0.717, 1.165) is 0 Å². The summed E-state index contributed by atoms with van der Waals surface area (Å²) >= 11 is 0. The number of hydrogen-bond acceptors (Lipinski definition) is 4. The summed E-state index contributed by atoms with van der Waals surface area (Å²) in [5, 5.41) is 7.94. The standard InChI is InChI=1S/C8H12N6O/c1-12-6-11-14(8(12)15)3-2-13-5-7(9)4-10-13/h4-6H,2-3,9H2,1H3. The van der Waals surface area contributed by atoms with Crippen molar-refractivity contribution in [2.24, 2.45) is 7.05 Å². The van der Waals surface area contributed by atoms with Gasteiger partial charge in [-0.25, -0.2) is 9.48 Å². The van der Waals surface area contributed by atoms with Gasteiger partial charge in [0.15, 0.2) is 0 Å². The number of nitrogens with two attached hydrogens (primary N) is 1. The number of aromatic nitrogens is 5. The lowest BCUT2D eigenvalue weighted by Crippen LogP contribution is -2.24. The first kappa shape index (κ1) is 9.50. The molecule has 0 saturated carbocycles. The molecule has 15 heavy (non-hydrogen) atoms. The molecule has 80 valence electrons. The molecule has 2 aromatic heterocycles. The van der Waals surface area contributed by atoms with Crippen LogP contribution in [0, 0.1) is 0 Å². The van der Waals surface area contributed by atoms with Crippen LogP contribution in [-0.4, -0.2) is 24.1 Å². The first-order chi connectivity index (χ1) is 7.16. The molecule has 7 heteroatoms. The molecule has 2 rings (SSSR count). The zero-order chi connectivity index (χ0) is 10.8. The fourth-order valence-corrected chi connectivity index (χ4v) is 1.27. The third kappa shape index (κ3) is 1.90. The van der Waals surface area contributed by atoms with Crippen LogP contribution in [0.4, 0.5) is 5.69 Å². The first-order valence-corrected chi connectivity index (χ1v) is 4.53. The molecular formula is C8H12N6O. The van der Waals surface area contributed by atoms with Gasteiger partial charge < -0.3 is 5.73 Å². The summed E-state index contributed by atoms with van der Waals surface area (Å²) in [5.41, 5.74) is 5.99. The Morgan fingerprint density at radius 3 is 2.73 bits per heavy atom. The van der Waals surface area contributed by atoms with E-state index in [1.165, 1.54) is 15.6 Å². The van der Waals surface area contributed by atoms with Crippen molar-refractivity contribution in [2.75, 3.05) is 5.73 Å². The summed E-state index contributed by atoms with van der Waals surface area (Å²) in [6.07, 6.45) is 4.77. The van der Waals surface area contributed by atoms with Gasteiger partial charge in [-0.15, -0.1) is 0 Å². The molecule has 0 aliphatic rings. The summed E-state index contributed by atoms with van der Waals surface area (Å²) in [4.78, 5) is 11.4. The molecule has 0 spiro atoms. The molecule has 0 atom stereocenters. The van der Waals surface area contributed by atoms with Crippen LogP contribution in [0.3, 0.4) is 0 Å². The smallest absolute Gasteiger partial charge is 0.345 e. The minimum Gasteiger partial charge on any atom is -0.396 e. The summed E-state index contributed by atoms with van der Waals surface area (Å²) in [6.45, 7) is 1.06. The zero-order valence-corrected chi connectivity index (χ0v) is 8.37. The van der Waals surface area contributed by atoms with Crippen LogP contribution in [0.15, 0.2) is 23.5 Å². The molecule has 2 N–H and O–H groups in total. The lowest BCUT2D eigenvalue weighted by Gasteiger charge is -1.99. The van der Waals surface area contributed by atoms with Crippen molar-refractivity contribution >= 4 is 5.69 Å². The Bertz CT molecular complexity index is 507. The Balaban J connectivity index is 2.05. The third-order valence-corrected chi connectivity index (χ3v) is 2.08. The second-order valence-electron chi connectivity index (χ2n) is 3.28. The van der Waals surface area contributed by atoms with E-state index in [1.54, 1.807) is 24.1 Å². The first-order valence-electron chi connectivity index (χ1n) is 4.53. The van der Waals surface area contributed by atoms with Crippen LogP contribution in [-0.2, 0) is 20.1 Å². The normalized spacial score (nSPS) is 10.7. The second kappa shape index (κ2) is 3.60. The highest BCUT2D eigenvalue weighted by Crippen LogP contribution is 1.97. The largest absolute Gasteiger partial charge is 0.396 e. The van der Waals surface area contributed by atoms with Gasteiger partial charge >= 0.3 is 5.69 Å². The van der Waals surface area contributed by atoms with Gasteiger partial charge in [0.1, 0.15) is 6.33 Å². The van der Waals surface area contributed by atoms with Crippen molar-refractivity contribution in [2.45, 2.75) is 13.1 Å². The number of hydrogen-bond donors (Lipinski definition) is 1. The fourth-order valence-electron chi connectivity index (χ4n) is 1.27. The molecule has 0 bridgehead atoms. The van der Waals surface area contributed by atoms with Gasteiger partial charge in [-0.05, 0) is 0 Å². The van der Waals surface area contributed by atoms with Crippen LogP contribution in [0.25, 0.3) is 0 Å². The van der Waals surface area contributed by atoms with E-state index in [2.05, 4.69) is 10.2 Å². The molecule has 0 radical (unpaired) electrons. The molecule has 2 heterocycles. The lowest BCUT2D eigenvalue weighted by atomic mass is 10.6.